The Morgan fingerprint density at radius 3 is 2.50 bits per heavy atom. The largest absolute Gasteiger partial charge is 0.516 e. The van der Waals surface area contributed by atoms with Gasteiger partial charge >= 0.3 is 0 Å². The molecule has 5 rings (SSSR count). The quantitative estimate of drug-likeness (QED) is 0.530. The maximum absolute atomic E-state index is 9.41. The first kappa shape index (κ1) is 20.6. The zero-order chi connectivity index (χ0) is 20.8. The van der Waals surface area contributed by atoms with Crippen LogP contribution >= 0.6 is 0 Å². The Morgan fingerprint density at radius 2 is 1.70 bits per heavy atom. The molecule has 0 saturated heterocycles. The van der Waals surface area contributed by atoms with Crippen molar-refractivity contribution in [2.45, 2.75) is 84.3 Å². The number of benzene rings is 1. The fraction of sp³-hybridized carbons (Fsp3) is 0.714. The van der Waals surface area contributed by atoms with Crippen LogP contribution in [0, 0.1) is 40.4 Å². The molecule has 4 aliphatic rings. The molecule has 0 aliphatic heterocycles. The number of allylic oxidation sites excluding steroid dienone is 1. The van der Waals surface area contributed by atoms with E-state index in [1.54, 1.807) is 0 Å². The van der Waals surface area contributed by atoms with Crippen molar-refractivity contribution in [3.05, 3.63) is 48.2 Å². The van der Waals surface area contributed by atoms with Gasteiger partial charge < -0.3 is 9.84 Å². The van der Waals surface area contributed by atoms with E-state index in [-0.39, 0.29) is 0 Å². The highest BCUT2D eigenvalue weighted by Crippen LogP contribution is 2.67. The number of ether oxygens (including phenoxy) is 1. The van der Waals surface area contributed by atoms with E-state index in [0.29, 0.717) is 22.9 Å². The standard InChI is InChI=1S/C28H40O2/c1-27-16-13-26-24(25(27)11-9-21(27)14-17-29)10-8-22-18-23(12-15-28(22,26)2)30-19-20-6-4-3-5-7-20/h3-7,14,17,21-26,29H,8-13,15-16,18-19H2,1-2H3/t21-,22?,23+,24+,25+,26+,27-,28+/m1/s1. The van der Waals surface area contributed by atoms with E-state index in [4.69, 9.17) is 4.74 Å². The van der Waals surface area contributed by atoms with E-state index in [2.05, 4.69) is 50.3 Å². The minimum Gasteiger partial charge on any atom is -0.516 e. The molecule has 0 amide bonds. The van der Waals surface area contributed by atoms with Gasteiger partial charge in [-0.25, -0.2) is 0 Å². The first-order valence-electron chi connectivity index (χ1n) is 12.5. The van der Waals surface area contributed by atoms with Gasteiger partial charge in [-0.3, -0.25) is 0 Å². The van der Waals surface area contributed by atoms with Gasteiger partial charge in [0.25, 0.3) is 0 Å². The predicted molar refractivity (Wildman–Crippen MR) is 122 cm³/mol. The van der Waals surface area contributed by atoms with Crippen LogP contribution in [-0.2, 0) is 11.3 Å². The zero-order valence-corrected chi connectivity index (χ0v) is 18.9. The number of hydrogen-bond acceptors (Lipinski definition) is 2. The number of rotatable bonds is 4. The summed E-state index contributed by atoms with van der Waals surface area (Å²) in [5.74, 6) is 4.10. The fourth-order valence-electron chi connectivity index (χ4n) is 8.62. The third-order valence-electron chi connectivity index (χ3n) is 10.3. The van der Waals surface area contributed by atoms with E-state index < -0.39 is 0 Å². The first-order chi connectivity index (χ1) is 14.5. The van der Waals surface area contributed by atoms with E-state index in [0.717, 1.165) is 30.3 Å². The number of hydrogen-bond donors (Lipinski definition) is 1. The molecule has 8 atom stereocenters. The molecule has 164 valence electrons. The van der Waals surface area contributed by atoms with Crippen LogP contribution in [0.5, 0.6) is 0 Å². The van der Waals surface area contributed by atoms with Crippen LogP contribution in [0.3, 0.4) is 0 Å². The summed E-state index contributed by atoms with van der Waals surface area (Å²) in [6.07, 6.45) is 15.9. The number of aliphatic hydroxyl groups excluding tert-OH is 1. The molecule has 4 fully saturated rings. The van der Waals surface area contributed by atoms with E-state index >= 15 is 0 Å². The van der Waals surface area contributed by atoms with Gasteiger partial charge in [-0.15, -0.1) is 0 Å². The molecule has 0 radical (unpaired) electrons. The van der Waals surface area contributed by atoms with E-state index in [1.165, 1.54) is 69.6 Å². The van der Waals surface area contributed by atoms with Gasteiger partial charge in [0.1, 0.15) is 0 Å². The summed E-state index contributed by atoms with van der Waals surface area (Å²) >= 11 is 0. The Bertz CT molecular complexity index is 757. The summed E-state index contributed by atoms with van der Waals surface area (Å²) in [6, 6.07) is 10.7. The van der Waals surface area contributed by atoms with Crippen LogP contribution in [0.4, 0.5) is 0 Å². The second-order valence-corrected chi connectivity index (χ2v) is 11.4. The van der Waals surface area contributed by atoms with Crippen molar-refractivity contribution >= 4 is 0 Å². The molecule has 4 aliphatic carbocycles. The lowest BCUT2D eigenvalue weighted by Gasteiger charge is -2.61. The average Bonchev–Trinajstić information content (AvgIpc) is 3.09. The van der Waals surface area contributed by atoms with Crippen LogP contribution in [0.25, 0.3) is 0 Å². The van der Waals surface area contributed by atoms with Crippen LogP contribution < -0.4 is 0 Å². The Hall–Kier alpha value is -1.28. The van der Waals surface area contributed by atoms with Crippen molar-refractivity contribution in [3.8, 4) is 0 Å². The lowest BCUT2D eigenvalue weighted by molar-refractivity contribution is -0.134. The molecule has 30 heavy (non-hydrogen) atoms. The third kappa shape index (κ3) is 3.34. The van der Waals surface area contributed by atoms with Crippen molar-refractivity contribution in [3.63, 3.8) is 0 Å². The smallest absolute Gasteiger partial charge is 0.0754 e. The summed E-state index contributed by atoms with van der Waals surface area (Å²) < 4.78 is 6.39. The second kappa shape index (κ2) is 8.01. The summed E-state index contributed by atoms with van der Waals surface area (Å²) in [6.45, 7) is 5.94. The lowest BCUT2D eigenvalue weighted by Crippen LogP contribution is -2.54. The van der Waals surface area contributed by atoms with Gasteiger partial charge in [0.15, 0.2) is 0 Å². The number of fused-ring (bicyclic) bond motifs is 5. The molecule has 1 aromatic carbocycles. The van der Waals surface area contributed by atoms with Gasteiger partial charge in [0.2, 0.25) is 0 Å². The first-order valence-corrected chi connectivity index (χ1v) is 12.5. The lowest BCUT2D eigenvalue weighted by atomic mass is 9.44. The third-order valence-corrected chi connectivity index (χ3v) is 10.3. The van der Waals surface area contributed by atoms with Gasteiger partial charge in [-0.05, 0) is 110 Å². The summed E-state index contributed by atoms with van der Waals surface area (Å²) in [7, 11) is 0. The second-order valence-electron chi connectivity index (χ2n) is 11.4. The van der Waals surface area contributed by atoms with Gasteiger partial charge in [-0.1, -0.05) is 44.2 Å². The minimum absolute atomic E-state index is 0.416. The van der Waals surface area contributed by atoms with Gasteiger partial charge in [0, 0.05) is 0 Å². The fourth-order valence-corrected chi connectivity index (χ4v) is 8.62. The van der Waals surface area contributed by atoms with Gasteiger partial charge in [0.05, 0.1) is 19.0 Å². The molecular formula is C28H40O2. The summed E-state index contributed by atoms with van der Waals surface area (Å²) in [4.78, 5) is 0. The van der Waals surface area contributed by atoms with Crippen LogP contribution in [0.1, 0.15) is 77.2 Å². The highest BCUT2D eigenvalue weighted by molar-refractivity contribution is 5.14. The molecule has 1 unspecified atom stereocenters. The maximum atomic E-state index is 9.41. The van der Waals surface area contributed by atoms with Crippen LogP contribution in [0.2, 0.25) is 0 Å². The molecule has 1 aromatic rings. The highest BCUT2D eigenvalue weighted by atomic mass is 16.5. The Balaban J connectivity index is 1.26. The molecule has 0 heterocycles. The van der Waals surface area contributed by atoms with Crippen molar-refractivity contribution in [2.24, 2.45) is 40.4 Å². The average molecular weight is 409 g/mol. The monoisotopic (exact) mass is 408 g/mol. The minimum atomic E-state index is 0.416. The van der Waals surface area contributed by atoms with Crippen molar-refractivity contribution in [2.75, 3.05) is 0 Å². The van der Waals surface area contributed by atoms with E-state index in [1.807, 2.05) is 0 Å². The van der Waals surface area contributed by atoms with Crippen molar-refractivity contribution in [1.82, 2.24) is 0 Å². The molecular weight excluding hydrogens is 368 g/mol. The Morgan fingerprint density at radius 1 is 0.933 bits per heavy atom. The van der Waals surface area contributed by atoms with Crippen LogP contribution in [-0.4, -0.2) is 11.2 Å². The predicted octanol–water partition coefficient (Wildman–Crippen LogP) is 7.30. The van der Waals surface area contributed by atoms with E-state index in [9.17, 15) is 5.11 Å². The summed E-state index contributed by atoms with van der Waals surface area (Å²) in [5, 5.41) is 9.41. The maximum Gasteiger partial charge on any atom is 0.0754 e. The van der Waals surface area contributed by atoms with Crippen molar-refractivity contribution < 1.29 is 9.84 Å². The SMILES string of the molecule is C[C@]12CC[C@H]3[C@@H](CCC4C[C@@H](OCc5ccccc5)CC[C@@]43C)[C@@H]1CC[C@@H]2C=CO. The molecule has 4 saturated carbocycles. The Labute approximate surface area is 183 Å². The molecule has 0 spiro atoms. The number of aliphatic hydroxyl groups is 1. The topological polar surface area (TPSA) is 29.5 Å². The van der Waals surface area contributed by atoms with Gasteiger partial charge in [-0.2, -0.15) is 0 Å². The Kier molecular flexibility index (Phi) is 5.50. The molecule has 0 aromatic heterocycles. The molecule has 2 nitrogen and oxygen atoms in total. The van der Waals surface area contributed by atoms with Crippen molar-refractivity contribution in [1.29, 1.82) is 0 Å². The highest BCUT2D eigenvalue weighted by Gasteiger charge is 2.59. The molecule has 2 heteroatoms. The molecule has 0 bridgehead atoms. The zero-order valence-electron chi connectivity index (χ0n) is 18.9. The van der Waals surface area contributed by atoms with Crippen LogP contribution in [0.15, 0.2) is 42.7 Å². The summed E-state index contributed by atoms with van der Waals surface area (Å²) in [5.41, 5.74) is 2.23. The normalized spacial score (nSPS) is 45.7. The molecule has 1 N–H and O–H groups in total.